The lowest BCUT2D eigenvalue weighted by atomic mass is 10.0. The van der Waals surface area contributed by atoms with E-state index in [1.807, 2.05) is 42.6 Å². The summed E-state index contributed by atoms with van der Waals surface area (Å²) in [5, 5.41) is 6.12. The van der Waals surface area contributed by atoms with E-state index in [9.17, 15) is 9.59 Å². The topological polar surface area (TPSA) is 111 Å². The molecule has 8 heteroatoms. The lowest BCUT2D eigenvalue weighted by molar-refractivity contribution is -0.138. The average molecular weight is 486 g/mol. The van der Waals surface area contributed by atoms with E-state index in [1.165, 1.54) is 12.7 Å². The highest BCUT2D eigenvalue weighted by Crippen LogP contribution is 2.31. The van der Waals surface area contributed by atoms with Crippen LogP contribution in [0.25, 0.3) is 16.9 Å². The van der Waals surface area contributed by atoms with Gasteiger partial charge in [0.15, 0.2) is 5.65 Å². The summed E-state index contributed by atoms with van der Waals surface area (Å²) in [6.45, 7) is 5.05. The number of hydrogen-bond donors (Lipinski definition) is 3. The van der Waals surface area contributed by atoms with Crippen LogP contribution in [0.1, 0.15) is 46.8 Å². The van der Waals surface area contributed by atoms with Gasteiger partial charge in [-0.2, -0.15) is 0 Å². The third-order valence-corrected chi connectivity index (χ3v) is 6.05. The molecule has 2 aromatic heterocycles. The van der Waals surface area contributed by atoms with E-state index in [4.69, 9.17) is 15.5 Å². The summed E-state index contributed by atoms with van der Waals surface area (Å²) in [6, 6.07) is 19.5. The Kier molecular flexibility index (Phi) is 7.65. The average Bonchev–Trinajstić information content (AvgIpc) is 3.29. The van der Waals surface area contributed by atoms with Crippen LogP contribution in [0.4, 0.5) is 5.82 Å². The SMILES string of the molecule is COC(=O)CNc1c(-c2ccc(C(C)C)cc2)nc2c(C(=O)NCc3cccc(CN)c3)cccn12. The minimum absolute atomic E-state index is 0.0325. The molecule has 0 aliphatic rings. The molecule has 0 spiro atoms. The minimum Gasteiger partial charge on any atom is -0.468 e. The van der Waals surface area contributed by atoms with Gasteiger partial charge in [0.05, 0.1) is 12.7 Å². The number of rotatable bonds is 9. The van der Waals surface area contributed by atoms with E-state index in [0.29, 0.717) is 41.7 Å². The number of amides is 1. The smallest absolute Gasteiger partial charge is 0.325 e. The van der Waals surface area contributed by atoms with Crippen LogP contribution in [0.15, 0.2) is 66.9 Å². The molecular weight excluding hydrogens is 454 g/mol. The van der Waals surface area contributed by atoms with Crippen molar-refractivity contribution in [3.63, 3.8) is 0 Å². The number of pyridine rings is 1. The summed E-state index contributed by atoms with van der Waals surface area (Å²) >= 11 is 0. The molecule has 0 unspecified atom stereocenters. The standard InChI is InChI=1S/C28H31N5O3/c1-18(2)21-9-11-22(12-10-21)25-27(30-17-24(34)36-3)33-13-5-8-23(26(33)32-25)28(35)31-16-20-7-4-6-19(14-20)15-29/h4-14,18,30H,15-17,29H2,1-3H3,(H,31,35). The maximum atomic E-state index is 13.2. The number of methoxy groups -OCH3 is 1. The number of carbonyl (C=O) groups excluding carboxylic acids is 2. The Labute approximate surface area is 210 Å². The van der Waals surface area contributed by atoms with Gasteiger partial charge in [0, 0.05) is 24.8 Å². The van der Waals surface area contributed by atoms with Gasteiger partial charge >= 0.3 is 5.97 Å². The first-order valence-electron chi connectivity index (χ1n) is 11.9. The number of nitrogens with two attached hydrogens (primary N) is 1. The molecule has 2 heterocycles. The van der Waals surface area contributed by atoms with Crippen molar-refractivity contribution in [2.24, 2.45) is 5.73 Å². The Morgan fingerprint density at radius 1 is 1.06 bits per heavy atom. The summed E-state index contributed by atoms with van der Waals surface area (Å²) in [6.07, 6.45) is 1.81. The molecule has 0 aliphatic heterocycles. The number of anilines is 1. The second-order valence-corrected chi connectivity index (χ2v) is 8.84. The first-order valence-corrected chi connectivity index (χ1v) is 11.9. The number of benzene rings is 2. The molecule has 186 valence electrons. The van der Waals surface area contributed by atoms with Crippen molar-refractivity contribution >= 4 is 23.3 Å². The molecule has 0 saturated carbocycles. The first-order chi connectivity index (χ1) is 17.4. The van der Waals surface area contributed by atoms with Gasteiger partial charge in [-0.05, 0) is 34.7 Å². The Hall–Kier alpha value is -4.17. The monoisotopic (exact) mass is 485 g/mol. The van der Waals surface area contributed by atoms with Gasteiger partial charge in [-0.15, -0.1) is 0 Å². The molecule has 2 aromatic carbocycles. The molecule has 1 amide bonds. The molecule has 0 atom stereocenters. The van der Waals surface area contributed by atoms with Crippen LogP contribution in [0, 0.1) is 0 Å². The molecule has 0 saturated heterocycles. The molecule has 0 fully saturated rings. The van der Waals surface area contributed by atoms with Crippen LogP contribution in [0.5, 0.6) is 0 Å². The quantitative estimate of drug-likeness (QED) is 0.308. The summed E-state index contributed by atoms with van der Waals surface area (Å²) in [5.74, 6) is 0.362. The fraction of sp³-hybridized carbons (Fsp3) is 0.250. The molecule has 4 N–H and O–H groups in total. The minimum atomic E-state index is -0.403. The Morgan fingerprint density at radius 3 is 2.50 bits per heavy atom. The number of esters is 1. The van der Waals surface area contributed by atoms with E-state index >= 15 is 0 Å². The number of nitrogens with one attached hydrogen (secondary N) is 2. The first kappa shape index (κ1) is 24.9. The van der Waals surface area contributed by atoms with Gasteiger partial charge in [-0.3, -0.25) is 14.0 Å². The van der Waals surface area contributed by atoms with Crippen molar-refractivity contribution in [2.75, 3.05) is 19.0 Å². The van der Waals surface area contributed by atoms with Crippen molar-refractivity contribution in [3.05, 3.63) is 89.1 Å². The van der Waals surface area contributed by atoms with Crippen LogP contribution >= 0.6 is 0 Å². The van der Waals surface area contributed by atoms with Crippen molar-refractivity contribution in [2.45, 2.75) is 32.9 Å². The molecule has 0 aliphatic carbocycles. The van der Waals surface area contributed by atoms with Gasteiger partial charge < -0.3 is 21.1 Å². The maximum Gasteiger partial charge on any atom is 0.325 e. The highest BCUT2D eigenvalue weighted by Gasteiger charge is 2.20. The molecule has 4 aromatic rings. The summed E-state index contributed by atoms with van der Waals surface area (Å²) in [5.41, 5.74) is 11.4. The lowest BCUT2D eigenvalue weighted by Gasteiger charge is -2.10. The predicted octanol–water partition coefficient (Wildman–Crippen LogP) is 4.10. The second kappa shape index (κ2) is 11.0. The normalized spacial score (nSPS) is 11.0. The van der Waals surface area contributed by atoms with E-state index in [0.717, 1.165) is 16.7 Å². The number of imidazole rings is 1. The Balaban J connectivity index is 1.70. The summed E-state index contributed by atoms with van der Waals surface area (Å²) in [7, 11) is 1.34. The zero-order chi connectivity index (χ0) is 25.7. The van der Waals surface area contributed by atoms with E-state index in [2.05, 4.69) is 36.6 Å². The van der Waals surface area contributed by atoms with E-state index in [1.54, 1.807) is 16.5 Å². The van der Waals surface area contributed by atoms with Crippen LogP contribution in [0.3, 0.4) is 0 Å². The van der Waals surface area contributed by atoms with Gasteiger partial charge in [0.1, 0.15) is 18.1 Å². The van der Waals surface area contributed by atoms with Crippen LogP contribution in [0.2, 0.25) is 0 Å². The van der Waals surface area contributed by atoms with Crippen LogP contribution < -0.4 is 16.4 Å². The number of fused-ring (bicyclic) bond motifs is 1. The predicted molar refractivity (Wildman–Crippen MR) is 141 cm³/mol. The summed E-state index contributed by atoms with van der Waals surface area (Å²) < 4.78 is 6.59. The third kappa shape index (κ3) is 5.39. The number of nitrogens with zero attached hydrogens (tertiary/aromatic N) is 2. The lowest BCUT2D eigenvalue weighted by Crippen LogP contribution is -2.23. The zero-order valence-corrected chi connectivity index (χ0v) is 20.7. The fourth-order valence-electron chi connectivity index (χ4n) is 4.01. The molecule has 0 bridgehead atoms. The van der Waals surface area contributed by atoms with Crippen LogP contribution in [-0.2, 0) is 22.6 Å². The van der Waals surface area contributed by atoms with Gasteiger partial charge in [0.2, 0.25) is 0 Å². The Morgan fingerprint density at radius 2 is 1.81 bits per heavy atom. The van der Waals surface area contributed by atoms with Crippen molar-refractivity contribution in [1.82, 2.24) is 14.7 Å². The summed E-state index contributed by atoms with van der Waals surface area (Å²) in [4.78, 5) is 29.9. The number of hydrogen-bond acceptors (Lipinski definition) is 6. The largest absolute Gasteiger partial charge is 0.468 e. The number of ether oxygens (including phenoxy) is 1. The Bertz CT molecular complexity index is 1380. The van der Waals surface area contributed by atoms with E-state index < -0.39 is 5.97 Å². The highest BCUT2D eigenvalue weighted by atomic mass is 16.5. The molecule has 0 radical (unpaired) electrons. The second-order valence-electron chi connectivity index (χ2n) is 8.84. The number of aromatic nitrogens is 2. The fourth-order valence-corrected chi connectivity index (χ4v) is 4.01. The van der Waals surface area contributed by atoms with Gasteiger partial charge in [-0.25, -0.2) is 4.98 Å². The maximum absolute atomic E-state index is 13.2. The highest BCUT2D eigenvalue weighted by molar-refractivity contribution is 6.01. The third-order valence-electron chi connectivity index (χ3n) is 6.05. The molecule has 8 nitrogen and oxygen atoms in total. The van der Waals surface area contributed by atoms with Crippen LogP contribution in [-0.4, -0.2) is 34.9 Å². The van der Waals surface area contributed by atoms with E-state index in [-0.39, 0.29) is 12.5 Å². The molecular formula is C28H31N5O3. The van der Waals surface area contributed by atoms with Crippen molar-refractivity contribution in [1.29, 1.82) is 0 Å². The number of carbonyl (C=O) groups is 2. The van der Waals surface area contributed by atoms with Crippen molar-refractivity contribution < 1.29 is 14.3 Å². The molecule has 4 rings (SSSR count). The zero-order valence-electron chi connectivity index (χ0n) is 20.7. The molecule has 36 heavy (non-hydrogen) atoms. The van der Waals surface area contributed by atoms with Gasteiger partial charge in [-0.1, -0.05) is 62.4 Å². The van der Waals surface area contributed by atoms with Gasteiger partial charge in [0.25, 0.3) is 5.91 Å². The van der Waals surface area contributed by atoms with Crippen molar-refractivity contribution in [3.8, 4) is 11.3 Å².